The van der Waals surface area contributed by atoms with Crippen molar-refractivity contribution in [3.63, 3.8) is 0 Å². The molecular formula is C21H27ClN2O2S. The van der Waals surface area contributed by atoms with Crippen molar-refractivity contribution in [3.05, 3.63) is 58.3 Å². The number of rotatable bonds is 9. The number of benzene rings is 1. The predicted molar refractivity (Wildman–Crippen MR) is 112 cm³/mol. The molecule has 0 aliphatic heterocycles. The summed E-state index contributed by atoms with van der Waals surface area (Å²) in [5.41, 5.74) is 1.06. The molecule has 1 heterocycles. The molecule has 0 fully saturated rings. The lowest BCUT2D eigenvalue weighted by Gasteiger charge is -2.29. The number of carbonyl (C=O) groups is 2. The summed E-state index contributed by atoms with van der Waals surface area (Å²) in [6.07, 6.45) is 0. The summed E-state index contributed by atoms with van der Waals surface area (Å²) in [4.78, 5) is 30.0. The van der Waals surface area contributed by atoms with E-state index in [1.807, 2.05) is 61.7 Å². The highest BCUT2D eigenvalue weighted by molar-refractivity contribution is 7.09. The van der Waals surface area contributed by atoms with E-state index in [0.717, 1.165) is 10.4 Å². The molecule has 146 valence electrons. The minimum atomic E-state index is -0.642. The topological polar surface area (TPSA) is 40.6 Å². The predicted octanol–water partition coefficient (Wildman–Crippen LogP) is 4.39. The van der Waals surface area contributed by atoms with E-state index in [1.165, 1.54) is 0 Å². The number of nitrogens with zero attached hydrogens (tertiary/aromatic N) is 2. The number of hydrogen-bond acceptors (Lipinski definition) is 3. The molecule has 1 unspecified atom stereocenters. The van der Waals surface area contributed by atoms with Gasteiger partial charge in [-0.15, -0.1) is 22.9 Å². The Hall–Kier alpha value is -1.85. The van der Waals surface area contributed by atoms with E-state index in [9.17, 15) is 9.59 Å². The van der Waals surface area contributed by atoms with Gasteiger partial charge in [-0.25, -0.2) is 0 Å². The summed E-state index contributed by atoms with van der Waals surface area (Å²) in [5.74, 6) is -0.00916. The Kier molecular flexibility index (Phi) is 8.32. The maximum atomic E-state index is 13.1. The van der Waals surface area contributed by atoms with Crippen molar-refractivity contribution in [1.82, 2.24) is 9.80 Å². The average Bonchev–Trinajstić information content (AvgIpc) is 3.13. The van der Waals surface area contributed by atoms with E-state index in [4.69, 9.17) is 11.6 Å². The monoisotopic (exact) mass is 406 g/mol. The number of alkyl halides is 1. The maximum Gasteiger partial charge on any atom is 0.242 e. The Labute approximate surface area is 170 Å². The molecule has 0 aliphatic rings. The van der Waals surface area contributed by atoms with Crippen LogP contribution < -0.4 is 0 Å². The van der Waals surface area contributed by atoms with E-state index in [2.05, 4.69) is 0 Å². The number of carbonyl (C=O) groups excluding carboxylic acids is 2. The van der Waals surface area contributed by atoms with Crippen LogP contribution in [0.5, 0.6) is 0 Å². The SMILES string of the molecule is CC(C)CN(CC(=O)N(Cc1ccccc1)Cc1cccs1)C(=O)C(C)Cl. The van der Waals surface area contributed by atoms with Crippen molar-refractivity contribution in [2.24, 2.45) is 5.92 Å². The van der Waals surface area contributed by atoms with Crippen LogP contribution in [-0.4, -0.2) is 40.1 Å². The highest BCUT2D eigenvalue weighted by Gasteiger charge is 2.25. The van der Waals surface area contributed by atoms with Gasteiger partial charge in [-0.2, -0.15) is 0 Å². The van der Waals surface area contributed by atoms with Crippen LogP contribution in [0.3, 0.4) is 0 Å². The number of thiophene rings is 1. The lowest BCUT2D eigenvalue weighted by atomic mass is 10.2. The second-order valence-corrected chi connectivity index (χ2v) is 8.73. The summed E-state index contributed by atoms with van der Waals surface area (Å²) in [6.45, 7) is 7.30. The zero-order chi connectivity index (χ0) is 19.8. The first kappa shape index (κ1) is 21.5. The number of halogens is 1. The van der Waals surface area contributed by atoms with Gasteiger partial charge in [-0.1, -0.05) is 50.2 Å². The molecule has 1 atom stereocenters. The third-order valence-electron chi connectivity index (χ3n) is 4.06. The molecule has 0 spiro atoms. The second kappa shape index (κ2) is 10.5. The average molecular weight is 407 g/mol. The first-order chi connectivity index (χ1) is 12.9. The molecule has 1 aromatic heterocycles. The Balaban J connectivity index is 2.16. The molecule has 6 heteroatoms. The van der Waals surface area contributed by atoms with Gasteiger partial charge in [-0.05, 0) is 29.9 Å². The third-order valence-corrected chi connectivity index (χ3v) is 5.11. The fraction of sp³-hybridized carbons (Fsp3) is 0.429. The second-order valence-electron chi connectivity index (χ2n) is 7.04. The van der Waals surface area contributed by atoms with Crippen LogP contribution in [0.4, 0.5) is 0 Å². The molecule has 0 radical (unpaired) electrons. The summed E-state index contributed by atoms with van der Waals surface area (Å²) < 4.78 is 0. The van der Waals surface area contributed by atoms with Crippen LogP contribution in [-0.2, 0) is 22.7 Å². The van der Waals surface area contributed by atoms with Gasteiger partial charge in [0.1, 0.15) is 5.38 Å². The molecule has 1 aromatic carbocycles. The van der Waals surface area contributed by atoms with Gasteiger partial charge >= 0.3 is 0 Å². The lowest BCUT2D eigenvalue weighted by molar-refractivity contribution is -0.141. The Morgan fingerprint density at radius 2 is 1.70 bits per heavy atom. The van der Waals surface area contributed by atoms with Crippen LogP contribution in [0.15, 0.2) is 47.8 Å². The Bertz CT molecular complexity index is 717. The minimum Gasteiger partial charge on any atom is -0.332 e. The molecule has 0 saturated carbocycles. The van der Waals surface area contributed by atoms with Crippen LogP contribution in [0, 0.1) is 5.92 Å². The first-order valence-electron chi connectivity index (χ1n) is 9.13. The molecule has 0 aliphatic carbocycles. The van der Waals surface area contributed by atoms with Crippen molar-refractivity contribution in [1.29, 1.82) is 0 Å². The zero-order valence-corrected chi connectivity index (χ0v) is 17.7. The van der Waals surface area contributed by atoms with Gasteiger partial charge in [0.05, 0.1) is 13.1 Å². The van der Waals surface area contributed by atoms with Crippen molar-refractivity contribution < 1.29 is 9.59 Å². The van der Waals surface area contributed by atoms with E-state index in [-0.39, 0.29) is 24.3 Å². The molecule has 0 bridgehead atoms. The van der Waals surface area contributed by atoms with Crippen molar-refractivity contribution in [3.8, 4) is 0 Å². The van der Waals surface area contributed by atoms with Crippen molar-refractivity contribution in [2.75, 3.05) is 13.1 Å². The summed E-state index contributed by atoms with van der Waals surface area (Å²) in [7, 11) is 0. The summed E-state index contributed by atoms with van der Waals surface area (Å²) in [5, 5.41) is 1.36. The summed E-state index contributed by atoms with van der Waals surface area (Å²) >= 11 is 7.62. The number of hydrogen-bond donors (Lipinski definition) is 0. The van der Waals surface area contributed by atoms with Crippen LogP contribution >= 0.6 is 22.9 Å². The first-order valence-corrected chi connectivity index (χ1v) is 10.5. The molecule has 27 heavy (non-hydrogen) atoms. The quantitative estimate of drug-likeness (QED) is 0.579. The van der Waals surface area contributed by atoms with E-state index < -0.39 is 5.38 Å². The summed E-state index contributed by atoms with van der Waals surface area (Å²) in [6, 6.07) is 13.9. The van der Waals surface area contributed by atoms with Crippen LogP contribution in [0.25, 0.3) is 0 Å². The Morgan fingerprint density at radius 1 is 1.00 bits per heavy atom. The molecule has 0 saturated heterocycles. The van der Waals surface area contributed by atoms with Gasteiger partial charge < -0.3 is 9.80 Å². The van der Waals surface area contributed by atoms with Gasteiger partial charge in [0, 0.05) is 18.0 Å². The van der Waals surface area contributed by atoms with Crippen LogP contribution in [0.2, 0.25) is 0 Å². The van der Waals surface area contributed by atoms with Crippen molar-refractivity contribution >= 4 is 34.8 Å². The van der Waals surface area contributed by atoms with E-state index >= 15 is 0 Å². The smallest absolute Gasteiger partial charge is 0.242 e. The lowest BCUT2D eigenvalue weighted by Crippen LogP contribution is -2.45. The standard InChI is InChI=1S/C21H27ClN2O2S/c1-16(2)12-24(21(26)17(3)22)15-20(25)23(14-19-10-7-11-27-19)13-18-8-5-4-6-9-18/h4-11,16-17H,12-15H2,1-3H3. The maximum absolute atomic E-state index is 13.1. The minimum absolute atomic E-state index is 0.0479. The van der Waals surface area contributed by atoms with Crippen LogP contribution in [0.1, 0.15) is 31.2 Å². The largest absolute Gasteiger partial charge is 0.332 e. The molecule has 2 amide bonds. The van der Waals surface area contributed by atoms with Gasteiger partial charge in [-0.3, -0.25) is 9.59 Å². The van der Waals surface area contributed by atoms with Gasteiger partial charge in [0.25, 0.3) is 0 Å². The molecule has 2 rings (SSSR count). The third kappa shape index (κ3) is 7.00. The van der Waals surface area contributed by atoms with Crippen molar-refractivity contribution in [2.45, 2.75) is 39.2 Å². The highest BCUT2D eigenvalue weighted by Crippen LogP contribution is 2.16. The Morgan fingerprint density at radius 3 is 2.26 bits per heavy atom. The molecular weight excluding hydrogens is 380 g/mol. The van der Waals surface area contributed by atoms with E-state index in [1.54, 1.807) is 28.1 Å². The molecule has 0 N–H and O–H groups in total. The van der Waals surface area contributed by atoms with Gasteiger partial charge in [0.15, 0.2) is 0 Å². The highest BCUT2D eigenvalue weighted by atomic mass is 35.5. The fourth-order valence-electron chi connectivity index (χ4n) is 2.81. The van der Waals surface area contributed by atoms with E-state index in [0.29, 0.717) is 19.6 Å². The fourth-order valence-corrected chi connectivity index (χ4v) is 3.67. The van der Waals surface area contributed by atoms with Gasteiger partial charge in [0.2, 0.25) is 11.8 Å². The molecule has 4 nitrogen and oxygen atoms in total. The molecule has 2 aromatic rings. The zero-order valence-electron chi connectivity index (χ0n) is 16.1. The normalized spacial score (nSPS) is 12.0. The number of amides is 2.